The highest BCUT2D eigenvalue weighted by Gasteiger charge is 2.30. The summed E-state index contributed by atoms with van der Waals surface area (Å²) >= 11 is 1.50. The van der Waals surface area contributed by atoms with Gasteiger partial charge in [0.1, 0.15) is 18.1 Å². The van der Waals surface area contributed by atoms with E-state index in [1.54, 1.807) is 13.8 Å². The van der Waals surface area contributed by atoms with Crippen molar-refractivity contribution in [3.05, 3.63) is 0 Å². The average Bonchev–Trinajstić information content (AvgIpc) is 2.66. The van der Waals surface area contributed by atoms with Crippen molar-refractivity contribution in [1.82, 2.24) is 16.0 Å². The Hall–Kier alpha value is -1.81. The van der Waals surface area contributed by atoms with Crippen molar-refractivity contribution in [3.8, 4) is 0 Å². The number of nitrogens with one attached hydrogen (secondary N) is 3. The molecule has 0 radical (unpaired) electrons. The largest absolute Gasteiger partial charge is 0.480 e. The van der Waals surface area contributed by atoms with Gasteiger partial charge in [-0.05, 0) is 37.2 Å². The molecule has 3 amide bonds. The standard InChI is InChI=1S/C19H36N4O5S/c1-7-11(4)14(20)18(26)21-12(5)16(24)22-13(8-9-29-6)17(25)23-15(10(2)3)19(27)28/h10-15H,7-9,20H2,1-6H3,(H,21,26)(H,22,24)(H,23,25)(H,27,28). The zero-order chi connectivity index (χ0) is 22.7. The van der Waals surface area contributed by atoms with Gasteiger partial charge in [0.25, 0.3) is 0 Å². The third-order valence-corrected chi connectivity index (χ3v) is 5.43. The molecule has 10 heteroatoms. The van der Waals surface area contributed by atoms with Gasteiger partial charge in [0, 0.05) is 0 Å². The van der Waals surface area contributed by atoms with Crippen LogP contribution in [-0.2, 0) is 19.2 Å². The smallest absolute Gasteiger partial charge is 0.326 e. The molecule has 29 heavy (non-hydrogen) atoms. The van der Waals surface area contributed by atoms with Gasteiger partial charge < -0.3 is 26.8 Å². The highest BCUT2D eigenvalue weighted by molar-refractivity contribution is 7.98. The summed E-state index contributed by atoms with van der Waals surface area (Å²) in [7, 11) is 0. The first kappa shape index (κ1) is 27.2. The Balaban J connectivity index is 5.07. The van der Waals surface area contributed by atoms with Gasteiger partial charge in [0.2, 0.25) is 17.7 Å². The number of carboxylic acids is 1. The number of amides is 3. The number of rotatable bonds is 13. The van der Waals surface area contributed by atoms with Gasteiger partial charge in [-0.2, -0.15) is 11.8 Å². The molecule has 0 fully saturated rings. The number of nitrogens with two attached hydrogens (primary N) is 1. The molecule has 0 heterocycles. The molecule has 0 aliphatic carbocycles. The van der Waals surface area contributed by atoms with Crippen LogP contribution in [0.2, 0.25) is 0 Å². The van der Waals surface area contributed by atoms with Gasteiger partial charge in [-0.25, -0.2) is 4.79 Å². The van der Waals surface area contributed by atoms with Crippen LogP contribution in [0.1, 0.15) is 47.5 Å². The second-order valence-corrected chi connectivity index (χ2v) is 8.54. The van der Waals surface area contributed by atoms with Crippen LogP contribution in [0, 0.1) is 11.8 Å². The van der Waals surface area contributed by atoms with Crippen LogP contribution < -0.4 is 21.7 Å². The summed E-state index contributed by atoms with van der Waals surface area (Å²) in [6.07, 6.45) is 2.92. The molecule has 9 nitrogen and oxygen atoms in total. The van der Waals surface area contributed by atoms with Crippen molar-refractivity contribution in [2.24, 2.45) is 17.6 Å². The van der Waals surface area contributed by atoms with Crippen LogP contribution in [0.3, 0.4) is 0 Å². The van der Waals surface area contributed by atoms with Crippen LogP contribution in [0.15, 0.2) is 0 Å². The molecule has 5 unspecified atom stereocenters. The summed E-state index contributed by atoms with van der Waals surface area (Å²) in [6, 6.07) is -3.57. The Morgan fingerprint density at radius 2 is 1.55 bits per heavy atom. The highest BCUT2D eigenvalue weighted by atomic mass is 32.2. The molecule has 0 aliphatic heterocycles. The maximum atomic E-state index is 12.6. The second-order valence-electron chi connectivity index (χ2n) is 7.55. The van der Waals surface area contributed by atoms with E-state index in [9.17, 15) is 24.3 Å². The van der Waals surface area contributed by atoms with Crippen LogP contribution in [-0.4, -0.2) is 65.0 Å². The summed E-state index contributed by atoms with van der Waals surface area (Å²) in [6.45, 7) is 8.66. The van der Waals surface area contributed by atoms with E-state index in [2.05, 4.69) is 16.0 Å². The molecule has 168 valence electrons. The molecule has 6 N–H and O–H groups in total. The van der Waals surface area contributed by atoms with E-state index in [0.29, 0.717) is 12.2 Å². The molecule has 0 aliphatic rings. The number of thioether (sulfide) groups is 1. The molecule has 0 saturated heterocycles. The third kappa shape index (κ3) is 9.49. The predicted molar refractivity (Wildman–Crippen MR) is 114 cm³/mol. The van der Waals surface area contributed by atoms with Crippen molar-refractivity contribution in [2.45, 2.75) is 71.6 Å². The highest BCUT2D eigenvalue weighted by Crippen LogP contribution is 2.07. The van der Waals surface area contributed by atoms with E-state index < -0.39 is 47.9 Å². The SMILES string of the molecule is CCC(C)C(N)C(=O)NC(C)C(=O)NC(CCSC)C(=O)NC(C(=O)O)C(C)C. The van der Waals surface area contributed by atoms with Gasteiger partial charge in [-0.1, -0.05) is 34.1 Å². The summed E-state index contributed by atoms with van der Waals surface area (Å²) in [5.41, 5.74) is 5.88. The molecule has 0 saturated carbocycles. The first-order valence-electron chi connectivity index (χ1n) is 9.84. The van der Waals surface area contributed by atoms with E-state index in [0.717, 1.165) is 6.42 Å². The lowest BCUT2D eigenvalue weighted by Crippen LogP contribution is -2.57. The van der Waals surface area contributed by atoms with Crippen molar-refractivity contribution in [2.75, 3.05) is 12.0 Å². The van der Waals surface area contributed by atoms with E-state index in [1.165, 1.54) is 18.7 Å². The molecular formula is C19H36N4O5S. The zero-order valence-corrected chi connectivity index (χ0v) is 19.0. The molecule has 0 spiro atoms. The Morgan fingerprint density at radius 1 is 0.966 bits per heavy atom. The minimum absolute atomic E-state index is 0.0330. The number of hydrogen-bond donors (Lipinski definition) is 5. The monoisotopic (exact) mass is 432 g/mol. The fraction of sp³-hybridized carbons (Fsp3) is 0.789. The quantitative estimate of drug-likeness (QED) is 0.281. The molecule has 0 aromatic rings. The Morgan fingerprint density at radius 3 is 2.00 bits per heavy atom. The lowest BCUT2D eigenvalue weighted by atomic mass is 9.99. The van der Waals surface area contributed by atoms with Crippen molar-refractivity contribution < 1.29 is 24.3 Å². The fourth-order valence-corrected chi connectivity index (χ4v) is 2.93. The van der Waals surface area contributed by atoms with Crippen molar-refractivity contribution in [3.63, 3.8) is 0 Å². The number of carbonyl (C=O) groups is 4. The summed E-state index contributed by atoms with van der Waals surface area (Å²) in [5, 5.41) is 16.9. The van der Waals surface area contributed by atoms with E-state index in [4.69, 9.17) is 5.73 Å². The number of hydrogen-bond acceptors (Lipinski definition) is 6. The minimum atomic E-state index is -1.14. The average molecular weight is 433 g/mol. The first-order chi connectivity index (χ1) is 13.5. The third-order valence-electron chi connectivity index (χ3n) is 4.79. The molecule has 0 bridgehead atoms. The van der Waals surface area contributed by atoms with E-state index in [-0.39, 0.29) is 11.8 Å². The number of carbonyl (C=O) groups excluding carboxylic acids is 3. The Bertz CT molecular complexity index is 573. The normalized spacial score (nSPS) is 16.3. The number of carboxylic acid groups (broad SMARTS) is 1. The lowest BCUT2D eigenvalue weighted by Gasteiger charge is -2.25. The zero-order valence-electron chi connectivity index (χ0n) is 18.2. The molecule has 0 aromatic heterocycles. The van der Waals surface area contributed by atoms with Gasteiger partial charge in [0.05, 0.1) is 6.04 Å². The molecule has 0 aromatic carbocycles. The van der Waals surface area contributed by atoms with Crippen molar-refractivity contribution in [1.29, 1.82) is 0 Å². The molecular weight excluding hydrogens is 396 g/mol. The van der Waals surface area contributed by atoms with Gasteiger partial charge in [-0.15, -0.1) is 0 Å². The maximum absolute atomic E-state index is 12.6. The minimum Gasteiger partial charge on any atom is -0.480 e. The van der Waals surface area contributed by atoms with Crippen LogP contribution in [0.4, 0.5) is 0 Å². The van der Waals surface area contributed by atoms with Gasteiger partial charge in [0.15, 0.2) is 0 Å². The van der Waals surface area contributed by atoms with Crippen LogP contribution in [0.25, 0.3) is 0 Å². The Kier molecular flexibility index (Phi) is 12.6. The summed E-state index contributed by atoms with van der Waals surface area (Å²) in [4.78, 5) is 48.6. The van der Waals surface area contributed by atoms with Crippen LogP contribution in [0.5, 0.6) is 0 Å². The summed E-state index contributed by atoms with van der Waals surface area (Å²) in [5.74, 6) is -2.42. The topological polar surface area (TPSA) is 151 Å². The van der Waals surface area contributed by atoms with Crippen molar-refractivity contribution >= 4 is 35.5 Å². The van der Waals surface area contributed by atoms with Gasteiger partial charge >= 0.3 is 5.97 Å². The van der Waals surface area contributed by atoms with E-state index in [1.807, 2.05) is 20.1 Å². The number of aliphatic carboxylic acids is 1. The molecule has 5 atom stereocenters. The predicted octanol–water partition coefficient (Wildman–Crippen LogP) is 0.328. The first-order valence-corrected chi connectivity index (χ1v) is 11.2. The van der Waals surface area contributed by atoms with Gasteiger partial charge in [-0.3, -0.25) is 14.4 Å². The molecule has 0 rings (SSSR count). The Labute approximate surface area is 177 Å². The fourth-order valence-electron chi connectivity index (χ4n) is 2.46. The maximum Gasteiger partial charge on any atom is 0.326 e. The van der Waals surface area contributed by atoms with E-state index >= 15 is 0 Å². The summed E-state index contributed by atoms with van der Waals surface area (Å²) < 4.78 is 0. The lowest BCUT2D eigenvalue weighted by molar-refractivity contribution is -0.143. The second kappa shape index (κ2) is 13.4. The van der Waals surface area contributed by atoms with Crippen LogP contribution >= 0.6 is 11.8 Å².